The Bertz CT molecular complexity index is 332. The summed E-state index contributed by atoms with van der Waals surface area (Å²) in [4.78, 5) is 20.8. The fraction of sp³-hybridized carbons (Fsp3) is 0.125. The number of hydrogen-bond donors (Lipinski definition) is 1. The van der Waals surface area contributed by atoms with E-state index in [9.17, 15) is 14.9 Å². The van der Waals surface area contributed by atoms with Gasteiger partial charge in [-0.3, -0.25) is 14.9 Å². The number of Topliss-reactive ketones (excluding diaryl/α,β-unsaturated/α-hetero) is 1. The Morgan fingerprint density at radius 2 is 1.92 bits per heavy atom. The van der Waals surface area contributed by atoms with Crippen molar-refractivity contribution in [3.8, 4) is 0 Å². The fourth-order valence-corrected chi connectivity index (χ4v) is 0.913. The predicted molar refractivity (Wildman–Crippen MR) is 45.2 cm³/mol. The molecule has 68 valence electrons. The van der Waals surface area contributed by atoms with E-state index in [1.807, 2.05) is 0 Å². The van der Waals surface area contributed by atoms with Crippen molar-refractivity contribution >= 4 is 11.5 Å². The maximum atomic E-state index is 11.1. The number of nitrogens with zero attached hydrogens (tertiary/aromatic N) is 1. The lowest BCUT2D eigenvalue weighted by atomic mass is 10.1. The van der Waals surface area contributed by atoms with Gasteiger partial charge in [-0.2, -0.15) is 0 Å². The highest BCUT2D eigenvalue weighted by atomic mass is 16.6. The molecule has 13 heavy (non-hydrogen) atoms. The van der Waals surface area contributed by atoms with Gasteiger partial charge in [0.05, 0.1) is 4.92 Å². The lowest BCUT2D eigenvalue weighted by molar-refractivity contribution is -0.384. The Kier molecular flexibility index (Phi) is 2.71. The van der Waals surface area contributed by atoms with Gasteiger partial charge in [-0.05, 0) is 12.1 Å². The summed E-state index contributed by atoms with van der Waals surface area (Å²) in [7, 11) is 0. The number of quaternary nitrogens is 1. The molecule has 0 saturated heterocycles. The Balaban J connectivity index is 2.93. The van der Waals surface area contributed by atoms with Crippen molar-refractivity contribution in [2.45, 2.75) is 0 Å². The lowest BCUT2D eigenvalue weighted by Gasteiger charge is -1.94. The van der Waals surface area contributed by atoms with Gasteiger partial charge in [-0.25, -0.2) is 0 Å². The molecule has 0 spiro atoms. The molecule has 0 heterocycles. The number of carbonyl (C=O) groups is 1. The van der Waals surface area contributed by atoms with Crippen molar-refractivity contribution in [2.75, 3.05) is 6.54 Å². The van der Waals surface area contributed by atoms with Crippen LogP contribution in [-0.4, -0.2) is 17.3 Å². The standard InChI is InChI=1S/C8H8N2O3/c9-5-8(11)6-1-3-7(4-2-6)10(12)13/h1-4H,5,9H2/p+1. The normalized spacial score (nSPS) is 9.62. The van der Waals surface area contributed by atoms with Crippen LogP contribution < -0.4 is 5.73 Å². The van der Waals surface area contributed by atoms with Gasteiger partial charge < -0.3 is 5.73 Å². The number of nitro groups is 1. The Hall–Kier alpha value is -1.75. The molecule has 0 bridgehead atoms. The summed E-state index contributed by atoms with van der Waals surface area (Å²) in [6.45, 7) is 0.164. The number of carbonyl (C=O) groups excluding carboxylic acids is 1. The minimum Gasteiger partial charge on any atom is -0.351 e. The first-order valence-corrected chi connectivity index (χ1v) is 3.72. The molecule has 1 aromatic carbocycles. The Morgan fingerprint density at radius 3 is 2.31 bits per heavy atom. The number of rotatable bonds is 3. The molecule has 5 heteroatoms. The van der Waals surface area contributed by atoms with E-state index < -0.39 is 4.92 Å². The van der Waals surface area contributed by atoms with Crippen LogP contribution in [-0.2, 0) is 0 Å². The Morgan fingerprint density at radius 1 is 1.38 bits per heavy atom. The van der Waals surface area contributed by atoms with Crippen LogP contribution in [0.15, 0.2) is 24.3 Å². The quantitative estimate of drug-likeness (QED) is 0.405. The van der Waals surface area contributed by atoms with Crippen LogP contribution in [0, 0.1) is 10.1 Å². The van der Waals surface area contributed by atoms with Crippen molar-refractivity contribution < 1.29 is 15.5 Å². The van der Waals surface area contributed by atoms with Crippen LogP contribution in [0.5, 0.6) is 0 Å². The van der Waals surface area contributed by atoms with Gasteiger partial charge in [0.1, 0.15) is 6.54 Å². The molecular weight excluding hydrogens is 172 g/mol. The zero-order valence-corrected chi connectivity index (χ0v) is 6.90. The van der Waals surface area contributed by atoms with Gasteiger partial charge in [-0.15, -0.1) is 0 Å². The molecule has 0 unspecified atom stereocenters. The van der Waals surface area contributed by atoms with Crippen LogP contribution >= 0.6 is 0 Å². The van der Waals surface area contributed by atoms with E-state index in [1.54, 1.807) is 0 Å². The molecule has 0 aliphatic rings. The third-order valence-electron chi connectivity index (χ3n) is 1.63. The van der Waals surface area contributed by atoms with Crippen LogP contribution in [0.25, 0.3) is 0 Å². The molecule has 0 aliphatic heterocycles. The average Bonchev–Trinajstić information content (AvgIpc) is 2.17. The van der Waals surface area contributed by atoms with Gasteiger partial charge in [0.15, 0.2) is 0 Å². The largest absolute Gasteiger partial charge is 0.351 e. The first-order chi connectivity index (χ1) is 6.15. The SMILES string of the molecule is [NH3+]CC(=O)c1ccc([N+](=O)[O-])cc1. The molecule has 0 amide bonds. The number of nitro benzene ring substituents is 1. The van der Waals surface area contributed by atoms with E-state index in [2.05, 4.69) is 5.73 Å². The van der Waals surface area contributed by atoms with Gasteiger partial charge in [0.25, 0.3) is 5.69 Å². The minimum atomic E-state index is -0.502. The third-order valence-corrected chi connectivity index (χ3v) is 1.63. The average molecular weight is 181 g/mol. The topological polar surface area (TPSA) is 87.8 Å². The highest BCUT2D eigenvalue weighted by Gasteiger charge is 2.08. The summed E-state index contributed by atoms with van der Waals surface area (Å²) in [6, 6.07) is 5.49. The molecule has 5 nitrogen and oxygen atoms in total. The van der Waals surface area contributed by atoms with Crippen molar-refractivity contribution in [3.05, 3.63) is 39.9 Å². The molecule has 1 aromatic rings. The molecule has 0 radical (unpaired) electrons. The zero-order chi connectivity index (χ0) is 9.84. The summed E-state index contributed by atoms with van der Waals surface area (Å²) in [5, 5.41) is 10.3. The van der Waals surface area contributed by atoms with Crippen molar-refractivity contribution in [1.29, 1.82) is 0 Å². The van der Waals surface area contributed by atoms with E-state index in [0.717, 1.165) is 0 Å². The van der Waals surface area contributed by atoms with Gasteiger partial charge in [0, 0.05) is 17.7 Å². The minimum absolute atomic E-state index is 0.0133. The number of non-ortho nitro benzene ring substituents is 1. The fourth-order valence-electron chi connectivity index (χ4n) is 0.913. The highest BCUT2D eigenvalue weighted by molar-refractivity contribution is 5.96. The second-order valence-electron chi connectivity index (χ2n) is 2.48. The number of benzene rings is 1. The van der Waals surface area contributed by atoms with E-state index in [-0.39, 0.29) is 18.0 Å². The third kappa shape index (κ3) is 2.09. The number of hydrogen-bond acceptors (Lipinski definition) is 3. The van der Waals surface area contributed by atoms with E-state index in [4.69, 9.17) is 0 Å². The first kappa shape index (κ1) is 9.34. The van der Waals surface area contributed by atoms with Gasteiger partial charge in [-0.1, -0.05) is 0 Å². The second kappa shape index (κ2) is 3.77. The van der Waals surface area contributed by atoms with Crippen LogP contribution in [0.3, 0.4) is 0 Å². The smallest absolute Gasteiger partial charge is 0.269 e. The maximum Gasteiger partial charge on any atom is 0.269 e. The first-order valence-electron chi connectivity index (χ1n) is 3.72. The lowest BCUT2D eigenvalue weighted by Crippen LogP contribution is -2.54. The van der Waals surface area contributed by atoms with Crippen LogP contribution in [0.4, 0.5) is 5.69 Å². The predicted octanol–water partition coefficient (Wildman–Crippen LogP) is 0.0194. The van der Waals surface area contributed by atoms with Crippen molar-refractivity contribution in [1.82, 2.24) is 0 Å². The summed E-state index contributed by atoms with van der Waals surface area (Å²) in [5.74, 6) is -0.116. The number of ketones is 1. The molecule has 3 N–H and O–H groups in total. The van der Waals surface area contributed by atoms with E-state index in [1.165, 1.54) is 24.3 Å². The van der Waals surface area contributed by atoms with E-state index in [0.29, 0.717) is 5.56 Å². The highest BCUT2D eigenvalue weighted by Crippen LogP contribution is 2.11. The van der Waals surface area contributed by atoms with Crippen molar-refractivity contribution in [2.24, 2.45) is 0 Å². The second-order valence-corrected chi connectivity index (χ2v) is 2.48. The summed E-state index contributed by atoms with van der Waals surface area (Å²) < 4.78 is 0. The van der Waals surface area contributed by atoms with Gasteiger partial charge >= 0.3 is 0 Å². The molecule has 0 aromatic heterocycles. The molecule has 1 rings (SSSR count). The van der Waals surface area contributed by atoms with Crippen LogP contribution in [0.2, 0.25) is 0 Å². The Labute approximate surface area is 74.3 Å². The molecule has 0 saturated carbocycles. The van der Waals surface area contributed by atoms with E-state index >= 15 is 0 Å². The summed E-state index contributed by atoms with van der Waals surface area (Å²) >= 11 is 0. The summed E-state index contributed by atoms with van der Waals surface area (Å²) in [6.07, 6.45) is 0. The maximum absolute atomic E-state index is 11.1. The molecule has 0 atom stereocenters. The van der Waals surface area contributed by atoms with Crippen molar-refractivity contribution in [3.63, 3.8) is 0 Å². The van der Waals surface area contributed by atoms with Crippen LogP contribution in [0.1, 0.15) is 10.4 Å². The monoisotopic (exact) mass is 181 g/mol. The molecule has 0 fully saturated rings. The zero-order valence-electron chi connectivity index (χ0n) is 6.90. The molecular formula is C8H9N2O3+. The van der Waals surface area contributed by atoms with Gasteiger partial charge in [0.2, 0.25) is 5.78 Å². The molecule has 0 aliphatic carbocycles. The summed E-state index contributed by atoms with van der Waals surface area (Å²) in [5.41, 5.74) is 3.88.